The van der Waals surface area contributed by atoms with Crippen LogP contribution < -0.4 is 5.19 Å². The summed E-state index contributed by atoms with van der Waals surface area (Å²) in [5.74, 6) is -1.12. The summed E-state index contributed by atoms with van der Waals surface area (Å²) in [6, 6.07) is 30.8. The molecule has 0 saturated heterocycles. The van der Waals surface area contributed by atoms with E-state index in [0.717, 1.165) is 27.6 Å². The van der Waals surface area contributed by atoms with Gasteiger partial charge in [0.2, 0.25) is 0 Å². The maximum atomic E-state index is 14.0. The van der Waals surface area contributed by atoms with Crippen LogP contribution in [0.1, 0.15) is 26.7 Å². The molecule has 0 aliphatic heterocycles. The van der Waals surface area contributed by atoms with E-state index in [1.165, 1.54) is 11.3 Å². The van der Waals surface area contributed by atoms with E-state index in [4.69, 9.17) is 5.79 Å². The van der Waals surface area contributed by atoms with Crippen LogP contribution in [0.15, 0.2) is 95.7 Å². The van der Waals surface area contributed by atoms with Gasteiger partial charge in [0, 0.05) is 39.3 Å². The number of hydrogen-bond acceptors (Lipinski definition) is 3. The summed E-state index contributed by atoms with van der Waals surface area (Å²) >= 11 is 0. The summed E-state index contributed by atoms with van der Waals surface area (Å²) in [4.78, 5) is 8.92. The van der Waals surface area contributed by atoms with Crippen molar-refractivity contribution < 1.29 is 30.3 Å². The molecule has 0 bridgehead atoms. The zero-order chi connectivity index (χ0) is 28.5. The number of pyridine rings is 2. The molecule has 1 radical (unpaired) electrons. The van der Waals surface area contributed by atoms with E-state index in [2.05, 4.69) is 53.9 Å². The molecule has 0 atom stereocenters. The number of rotatable bonds is 4. The Kier molecular flexibility index (Phi) is 8.70. The number of nitrogens with zero attached hydrogens (tertiary/aromatic N) is 2. The number of halogens is 1. The first-order chi connectivity index (χ1) is 19.0. The molecule has 0 N–H and O–H groups in total. The van der Waals surface area contributed by atoms with Crippen LogP contribution in [0.4, 0.5) is 4.39 Å². The van der Waals surface area contributed by atoms with Crippen LogP contribution in [0.25, 0.3) is 44.5 Å². The third-order valence-electron chi connectivity index (χ3n) is 6.62. The molecule has 0 aliphatic carbocycles. The van der Waals surface area contributed by atoms with Crippen molar-refractivity contribution in [3.63, 3.8) is 0 Å². The fraction of sp³-hybridized carbons (Fsp3) is 0.176. The molecule has 3 heterocycles. The van der Waals surface area contributed by atoms with Crippen molar-refractivity contribution in [2.45, 2.75) is 39.4 Å². The minimum absolute atomic E-state index is 0. The van der Waals surface area contributed by atoms with Crippen LogP contribution in [0.5, 0.6) is 0 Å². The second-order valence-electron chi connectivity index (χ2n) is 10.7. The summed E-state index contributed by atoms with van der Waals surface area (Å²) in [5, 5.41) is 2.96. The molecule has 0 unspecified atom stereocenters. The Morgan fingerprint density at radius 3 is 2.33 bits per heavy atom. The number of benzene rings is 3. The Hall–Kier alpha value is -3.44. The SMILES string of the molecule is C[Si](C)(C)c1ccc(-c2[c-]cccc2)nc1.[2H]C(C)(C)c1ccnc(-c2[c-]ccc3c2oc2c(F)cccc23)c1.[Ir]. The molecule has 3 nitrogen and oxygen atoms in total. The number of para-hydroxylation sites is 1. The number of aromatic nitrogens is 2. The van der Waals surface area contributed by atoms with Crippen molar-refractivity contribution in [1.29, 1.82) is 0 Å². The first-order valence-electron chi connectivity index (χ1n) is 13.4. The molecule has 0 fully saturated rings. The molecule has 0 spiro atoms. The third-order valence-corrected chi connectivity index (χ3v) is 8.65. The number of hydrogen-bond donors (Lipinski definition) is 0. The topological polar surface area (TPSA) is 38.9 Å². The maximum Gasteiger partial charge on any atom is 0.165 e. The molecule has 6 heteroatoms. The summed E-state index contributed by atoms with van der Waals surface area (Å²) in [6.07, 6.45) is 3.69. The molecule has 6 aromatic rings. The zero-order valence-electron chi connectivity index (χ0n) is 24.2. The summed E-state index contributed by atoms with van der Waals surface area (Å²) in [5.41, 5.74) is 5.05. The molecule has 3 aromatic carbocycles. The van der Waals surface area contributed by atoms with Crippen LogP contribution >= 0.6 is 0 Å². The van der Waals surface area contributed by atoms with Crippen LogP contribution in [0.3, 0.4) is 0 Å². The van der Waals surface area contributed by atoms with E-state index >= 15 is 0 Å². The molecule has 0 saturated carbocycles. The van der Waals surface area contributed by atoms with E-state index < -0.39 is 14.0 Å². The molecule has 3 aromatic heterocycles. The van der Waals surface area contributed by atoms with Gasteiger partial charge in [0.05, 0.1) is 13.7 Å². The average Bonchev–Trinajstić information content (AvgIpc) is 3.34. The molecule has 0 amide bonds. The largest absolute Gasteiger partial charge is 0.498 e. The van der Waals surface area contributed by atoms with Gasteiger partial charge in [-0.1, -0.05) is 80.3 Å². The van der Waals surface area contributed by atoms with Gasteiger partial charge in [0.1, 0.15) is 0 Å². The maximum absolute atomic E-state index is 14.0. The van der Waals surface area contributed by atoms with Gasteiger partial charge in [0.25, 0.3) is 0 Å². The van der Waals surface area contributed by atoms with Crippen LogP contribution in [-0.4, -0.2) is 18.0 Å². The Bertz CT molecular complexity index is 1780. The van der Waals surface area contributed by atoms with E-state index in [0.29, 0.717) is 16.8 Å². The quantitative estimate of drug-likeness (QED) is 0.135. The summed E-state index contributed by atoms with van der Waals surface area (Å²) in [7, 11) is -1.23. The normalized spacial score (nSPS) is 11.9. The van der Waals surface area contributed by atoms with Crippen molar-refractivity contribution >= 4 is 35.2 Å². The second-order valence-corrected chi connectivity index (χ2v) is 15.8. The Morgan fingerprint density at radius 1 is 0.850 bits per heavy atom. The minimum atomic E-state index is -1.23. The van der Waals surface area contributed by atoms with Gasteiger partial charge in [-0.3, -0.25) is 0 Å². The predicted molar refractivity (Wildman–Crippen MR) is 161 cm³/mol. The van der Waals surface area contributed by atoms with Crippen molar-refractivity contribution in [3.05, 3.63) is 115 Å². The van der Waals surface area contributed by atoms with Gasteiger partial charge < -0.3 is 14.4 Å². The van der Waals surface area contributed by atoms with Crippen molar-refractivity contribution in [1.82, 2.24) is 9.97 Å². The van der Waals surface area contributed by atoms with E-state index in [1.807, 2.05) is 68.6 Å². The predicted octanol–water partition coefficient (Wildman–Crippen LogP) is 8.80. The van der Waals surface area contributed by atoms with E-state index in [-0.39, 0.29) is 31.5 Å². The molecular formula is C34H31FIrN2OSi-2. The molecule has 6 rings (SSSR count). The van der Waals surface area contributed by atoms with Gasteiger partial charge in [-0.25, -0.2) is 4.39 Å². The van der Waals surface area contributed by atoms with Crippen LogP contribution in [-0.2, 0) is 20.1 Å². The van der Waals surface area contributed by atoms with E-state index in [9.17, 15) is 4.39 Å². The standard InChI is InChI=1S/C20H15FNO.C14H16NSi.Ir/c1-12(2)13-9-10-22-18(11-13)16-7-3-5-14-15-6-4-8-17(21)20(15)23-19(14)16;1-16(2,3)13-9-10-14(15-11-13)12-7-5-4-6-8-12;/h3-6,8-12H,1-2H3;4-7,9-11H,1-3H3;/q2*-1;/i12D;;. The van der Waals surface area contributed by atoms with Crippen molar-refractivity contribution in [3.8, 4) is 22.5 Å². The van der Waals surface area contributed by atoms with Crippen LogP contribution in [0.2, 0.25) is 19.6 Å². The molecule has 205 valence electrons. The van der Waals surface area contributed by atoms with Gasteiger partial charge in [0.15, 0.2) is 11.4 Å². The third kappa shape index (κ3) is 6.31. The van der Waals surface area contributed by atoms with Crippen LogP contribution in [0, 0.1) is 17.9 Å². The van der Waals surface area contributed by atoms with Gasteiger partial charge in [-0.15, -0.1) is 54.1 Å². The average molecular weight is 724 g/mol. The van der Waals surface area contributed by atoms with Gasteiger partial charge in [-0.05, 0) is 34.6 Å². The van der Waals surface area contributed by atoms with E-state index in [1.54, 1.807) is 18.3 Å². The first-order valence-corrected chi connectivity index (χ1v) is 16.4. The summed E-state index contributed by atoms with van der Waals surface area (Å²) < 4.78 is 28.0. The molecule has 0 aliphatic rings. The number of furan rings is 1. The van der Waals surface area contributed by atoms with Gasteiger partial charge in [-0.2, -0.15) is 0 Å². The van der Waals surface area contributed by atoms with Crippen molar-refractivity contribution in [2.75, 3.05) is 0 Å². The minimum Gasteiger partial charge on any atom is -0.498 e. The fourth-order valence-corrected chi connectivity index (χ4v) is 5.38. The van der Waals surface area contributed by atoms with Crippen molar-refractivity contribution in [2.24, 2.45) is 0 Å². The Labute approximate surface area is 251 Å². The Morgan fingerprint density at radius 2 is 1.65 bits per heavy atom. The first kappa shape index (κ1) is 28.1. The second kappa shape index (κ2) is 12.4. The van der Waals surface area contributed by atoms with Gasteiger partial charge >= 0.3 is 0 Å². The zero-order valence-corrected chi connectivity index (χ0v) is 26.6. The monoisotopic (exact) mass is 724 g/mol. The molecule has 40 heavy (non-hydrogen) atoms. The molecular weight excluding hydrogens is 692 g/mol. The Balaban J connectivity index is 0.000000200. The smallest absolute Gasteiger partial charge is 0.165 e. The summed E-state index contributed by atoms with van der Waals surface area (Å²) in [6.45, 7) is 10.6. The fourth-order valence-electron chi connectivity index (χ4n) is 4.35. The number of fused-ring (bicyclic) bond motifs is 3.